The molecule has 1 aromatic heterocycles. The number of aromatic nitrogens is 2. The molecule has 1 aliphatic rings. The first kappa shape index (κ1) is 12.5. The van der Waals surface area contributed by atoms with E-state index in [1.165, 1.54) is 0 Å². The maximum atomic E-state index is 12.5. The van der Waals surface area contributed by atoms with E-state index in [-0.39, 0.29) is 18.3 Å². The smallest absolute Gasteiger partial charge is 0.301 e. The minimum absolute atomic E-state index is 0.0507. The number of thioether (sulfide) groups is 1. The van der Waals surface area contributed by atoms with E-state index in [1.54, 1.807) is 4.57 Å². The zero-order valence-electron chi connectivity index (χ0n) is 10.6. The maximum absolute atomic E-state index is 12.5. The molecule has 0 N–H and O–H groups in total. The van der Waals surface area contributed by atoms with Gasteiger partial charge in [0.25, 0.3) is 0 Å². The van der Waals surface area contributed by atoms with Gasteiger partial charge in [-0.15, -0.1) is 0 Å². The molecule has 2 aromatic rings. The molecule has 2 heterocycles. The van der Waals surface area contributed by atoms with Crippen LogP contribution in [-0.2, 0) is 11.3 Å². The normalized spacial score (nSPS) is 16.8. The highest BCUT2D eigenvalue weighted by molar-refractivity contribution is 7.99. The third-order valence-corrected chi connectivity index (χ3v) is 4.73. The van der Waals surface area contributed by atoms with E-state index in [2.05, 4.69) is 0 Å². The topological polar surface area (TPSA) is 44.0 Å². The van der Waals surface area contributed by atoms with Crippen molar-refractivity contribution in [2.24, 2.45) is 0 Å². The van der Waals surface area contributed by atoms with Crippen LogP contribution in [0.4, 0.5) is 0 Å². The Morgan fingerprint density at radius 1 is 1.21 bits per heavy atom. The first-order valence-corrected chi connectivity index (χ1v) is 7.69. The second-order valence-electron chi connectivity index (χ2n) is 4.76. The number of carbonyl (C=O) groups is 1. The van der Waals surface area contributed by atoms with Crippen LogP contribution in [0, 0.1) is 0 Å². The van der Waals surface area contributed by atoms with Gasteiger partial charge in [-0.05, 0) is 36.5 Å². The minimum atomic E-state index is -0.0507. The lowest BCUT2D eigenvalue weighted by Crippen LogP contribution is -2.29. The second-order valence-corrected chi connectivity index (χ2v) is 5.99. The minimum Gasteiger partial charge on any atom is -0.301 e. The van der Waals surface area contributed by atoms with Crippen molar-refractivity contribution in [2.75, 3.05) is 11.5 Å². The Balaban J connectivity index is 2.20. The van der Waals surface area contributed by atoms with E-state index in [0.717, 1.165) is 41.7 Å². The zero-order chi connectivity index (χ0) is 13.2. The molecule has 1 fully saturated rings. The quantitative estimate of drug-likeness (QED) is 0.806. The van der Waals surface area contributed by atoms with E-state index in [1.807, 2.05) is 40.6 Å². The van der Waals surface area contributed by atoms with E-state index in [4.69, 9.17) is 0 Å². The standard InChI is InChI=1S/C14H16N2O2S/c17-8-7-15-12-3-1-2-4-13(12)16(14(15)18)11-5-9-19-10-6-11/h1-4,8,11H,5-7,9-10H2. The summed E-state index contributed by atoms with van der Waals surface area (Å²) in [6.45, 7) is 0.133. The Bertz CT molecular complexity index is 653. The van der Waals surface area contributed by atoms with Gasteiger partial charge < -0.3 is 4.79 Å². The predicted molar refractivity (Wildman–Crippen MR) is 77.9 cm³/mol. The summed E-state index contributed by atoms with van der Waals surface area (Å²) in [4.78, 5) is 23.3. The first-order chi connectivity index (χ1) is 9.33. The van der Waals surface area contributed by atoms with Gasteiger partial charge in [0, 0.05) is 6.04 Å². The molecule has 0 amide bonds. The van der Waals surface area contributed by atoms with Crippen molar-refractivity contribution in [3.8, 4) is 0 Å². The summed E-state index contributed by atoms with van der Waals surface area (Å²) in [5.41, 5.74) is 1.76. The van der Waals surface area contributed by atoms with E-state index >= 15 is 0 Å². The Morgan fingerprint density at radius 2 is 1.89 bits per heavy atom. The molecule has 0 saturated carbocycles. The van der Waals surface area contributed by atoms with Gasteiger partial charge in [-0.25, -0.2) is 4.79 Å². The van der Waals surface area contributed by atoms with Crippen molar-refractivity contribution in [1.82, 2.24) is 9.13 Å². The van der Waals surface area contributed by atoms with Gasteiger partial charge in [0.2, 0.25) is 0 Å². The van der Waals surface area contributed by atoms with Gasteiger partial charge in [0.05, 0.1) is 17.6 Å². The lowest BCUT2D eigenvalue weighted by molar-refractivity contribution is -0.108. The molecule has 1 aromatic carbocycles. The summed E-state index contributed by atoms with van der Waals surface area (Å²) in [6.07, 6.45) is 2.84. The fraction of sp³-hybridized carbons (Fsp3) is 0.429. The molecule has 1 saturated heterocycles. The molecular weight excluding hydrogens is 260 g/mol. The number of hydrogen-bond acceptors (Lipinski definition) is 3. The fourth-order valence-electron chi connectivity index (χ4n) is 2.78. The Kier molecular flexibility index (Phi) is 3.46. The summed E-state index contributed by atoms with van der Waals surface area (Å²) in [5, 5.41) is 0. The molecule has 3 rings (SSSR count). The molecule has 0 spiro atoms. The van der Waals surface area contributed by atoms with Gasteiger partial charge in [-0.3, -0.25) is 9.13 Å². The number of rotatable bonds is 3. The largest absolute Gasteiger partial charge is 0.329 e. The number of nitrogens with zero attached hydrogens (tertiary/aromatic N) is 2. The fourth-order valence-corrected chi connectivity index (χ4v) is 3.86. The van der Waals surface area contributed by atoms with E-state index in [0.29, 0.717) is 0 Å². The van der Waals surface area contributed by atoms with Crippen LogP contribution in [0.1, 0.15) is 18.9 Å². The SMILES string of the molecule is O=CCn1c(=O)n(C2CCSCC2)c2ccccc21. The van der Waals surface area contributed by atoms with Crippen LogP contribution in [0.3, 0.4) is 0 Å². The maximum Gasteiger partial charge on any atom is 0.329 e. The third kappa shape index (κ3) is 2.12. The van der Waals surface area contributed by atoms with Gasteiger partial charge in [-0.1, -0.05) is 12.1 Å². The third-order valence-electron chi connectivity index (χ3n) is 3.68. The van der Waals surface area contributed by atoms with Gasteiger partial charge in [0.15, 0.2) is 0 Å². The van der Waals surface area contributed by atoms with Crippen LogP contribution in [0.15, 0.2) is 29.1 Å². The number of para-hydroxylation sites is 2. The molecule has 19 heavy (non-hydrogen) atoms. The summed E-state index contributed by atoms with van der Waals surface area (Å²) in [7, 11) is 0. The Labute approximate surface area is 115 Å². The van der Waals surface area contributed by atoms with Gasteiger partial charge >= 0.3 is 5.69 Å². The van der Waals surface area contributed by atoms with E-state index in [9.17, 15) is 9.59 Å². The van der Waals surface area contributed by atoms with Crippen molar-refractivity contribution in [3.63, 3.8) is 0 Å². The van der Waals surface area contributed by atoms with Crippen LogP contribution < -0.4 is 5.69 Å². The van der Waals surface area contributed by atoms with Crippen LogP contribution in [0.5, 0.6) is 0 Å². The first-order valence-electron chi connectivity index (χ1n) is 6.54. The molecule has 0 unspecified atom stereocenters. The Morgan fingerprint density at radius 3 is 2.58 bits per heavy atom. The highest BCUT2D eigenvalue weighted by Crippen LogP contribution is 2.28. The lowest BCUT2D eigenvalue weighted by atomic mass is 10.1. The molecule has 5 heteroatoms. The van der Waals surface area contributed by atoms with Gasteiger partial charge in [0.1, 0.15) is 6.29 Å². The number of hydrogen-bond donors (Lipinski definition) is 0. The van der Waals surface area contributed by atoms with Crippen molar-refractivity contribution in [3.05, 3.63) is 34.7 Å². The van der Waals surface area contributed by atoms with E-state index < -0.39 is 0 Å². The summed E-state index contributed by atoms with van der Waals surface area (Å²) >= 11 is 1.94. The number of fused-ring (bicyclic) bond motifs is 1. The molecule has 0 radical (unpaired) electrons. The monoisotopic (exact) mass is 276 g/mol. The molecule has 1 aliphatic heterocycles. The Hall–Kier alpha value is -1.49. The number of imidazole rings is 1. The average Bonchev–Trinajstić information content (AvgIpc) is 2.73. The van der Waals surface area contributed by atoms with Crippen LogP contribution in [0.2, 0.25) is 0 Å². The molecule has 4 nitrogen and oxygen atoms in total. The number of benzene rings is 1. The predicted octanol–water partition coefficient (Wildman–Crippen LogP) is 2.07. The van der Waals surface area contributed by atoms with Crippen molar-refractivity contribution >= 4 is 29.1 Å². The molecular formula is C14H16N2O2S. The highest BCUT2D eigenvalue weighted by atomic mass is 32.2. The van der Waals surface area contributed by atoms with Crippen molar-refractivity contribution in [2.45, 2.75) is 25.4 Å². The second kappa shape index (κ2) is 5.25. The lowest BCUT2D eigenvalue weighted by Gasteiger charge is -2.22. The number of carbonyl (C=O) groups excluding carboxylic acids is 1. The molecule has 0 aliphatic carbocycles. The molecule has 0 atom stereocenters. The van der Waals surface area contributed by atoms with Crippen molar-refractivity contribution < 1.29 is 4.79 Å². The summed E-state index contributed by atoms with van der Waals surface area (Å²) in [5.74, 6) is 2.20. The molecule has 100 valence electrons. The highest BCUT2D eigenvalue weighted by Gasteiger charge is 2.22. The van der Waals surface area contributed by atoms with Crippen molar-refractivity contribution in [1.29, 1.82) is 0 Å². The van der Waals surface area contributed by atoms with Crippen LogP contribution >= 0.6 is 11.8 Å². The zero-order valence-corrected chi connectivity index (χ0v) is 11.4. The molecule has 0 bridgehead atoms. The van der Waals surface area contributed by atoms with Gasteiger partial charge in [-0.2, -0.15) is 11.8 Å². The van der Waals surface area contributed by atoms with Crippen LogP contribution in [0.25, 0.3) is 11.0 Å². The summed E-state index contributed by atoms with van der Waals surface area (Å²) in [6, 6.07) is 8.01. The average molecular weight is 276 g/mol. The summed E-state index contributed by atoms with van der Waals surface area (Å²) < 4.78 is 3.46. The number of aldehydes is 1. The van der Waals surface area contributed by atoms with Crippen LogP contribution in [-0.4, -0.2) is 26.9 Å².